The van der Waals surface area contributed by atoms with E-state index in [1.165, 1.54) is 23.3 Å². The van der Waals surface area contributed by atoms with Gasteiger partial charge in [-0.3, -0.25) is 9.36 Å². The van der Waals surface area contributed by atoms with Crippen molar-refractivity contribution in [2.75, 3.05) is 0 Å². The van der Waals surface area contributed by atoms with Crippen LogP contribution >= 0.6 is 24.0 Å². The zero-order valence-corrected chi connectivity index (χ0v) is 11.8. The second-order valence-corrected chi connectivity index (χ2v) is 6.25. The Bertz CT molecular complexity index is 681. The Morgan fingerprint density at radius 3 is 3.00 bits per heavy atom. The molecule has 0 aliphatic heterocycles. The van der Waals surface area contributed by atoms with E-state index in [1.54, 1.807) is 22.0 Å². The Morgan fingerprint density at radius 2 is 2.22 bits per heavy atom. The largest absolute Gasteiger partial charge is 0.299 e. The molecule has 0 atom stereocenters. The minimum atomic E-state index is 0.0943. The number of fused-ring (bicyclic) bond motifs is 3. The molecule has 0 aromatic carbocycles. The Labute approximate surface area is 115 Å². The Hall–Kier alpha value is -1.00. The molecule has 0 radical (unpaired) electrons. The Morgan fingerprint density at radius 1 is 1.44 bits per heavy atom. The number of hydrogen-bond acceptors (Lipinski definition) is 3. The standard InChI is InChI=1S/C14H15NOS2/c1-2-7-15-12(17)8-11-13(14(15)16)9-5-3-4-6-10(9)18-11/h2,8,17H,1,3-7H2. The first-order chi connectivity index (χ1) is 8.72. The molecule has 2 heterocycles. The van der Waals surface area contributed by atoms with E-state index >= 15 is 0 Å². The first-order valence-corrected chi connectivity index (χ1v) is 7.46. The van der Waals surface area contributed by atoms with Crippen LogP contribution < -0.4 is 5.56 Å². The summed E-state index contributed by atoms with van der Waals surface area (Å²) in [6.07, 6.45) is 6.35. The molecule has 0 fully saturated rings. The van der Waals surface area contributed by atoms with Gasteiger partial charge >= 0.3 is 0 Å². The van der Waals surface area contributed by atoms with Crippen molar-refractivity contribution >= 4 is 34.1 Å². The molecule has 4 heteroatoms. The summed E-state index contributed by atoms with van der Waals surface area (Å²) >= 11 is 6.18. The topological polar surface area (TPSA) is 22.0 Å². The number of nitrogens with zero attached hydrogens (tertiary/aromatic N) is 1. The van der Waals surface area contributed by atoms with Crippen LogP contribution in [-0.4, -0.2) is 4.57 Å². The molecule has 0 saturated carbocycles. The highest BCUT2D eigenvalue weighted by Gasteiger charge is 2.19. The lowest BCUT2D eigenvalue weighted by Crippen LogP contribution is -2.21. The zero-order valence-electron chi connectivity index (χ0n) is 10.1. The van der Waals surface area contributed by atoms with Gasteiger partial charge in [-0.2, -0.15) is 0 Å². The van der Waals surface area contributed by atoms with Crippen LogP contribution in [0.1, 0.15) is 23.3 Å². The minimum Gasteiger partial charge on any atom is -0.299 e. The van der Waals surface area contributed by atoms with Crippen molar-refractivity contribution < 1.29 is 0 Å². The zero-order chi connectivity index (χ0) is 12.7. The molecule has 0 N–H and O–H groups in total. The van der Waals surface area contributed by atoms with E-state index in [-0.39, 0.29) is 5.56 Å². The van der Waals surface area contributed by atoms with Crippen LogP contribution in [0.15, 0.2) is 28.5 Å². The molecule has 0 unspecified atom stereocenters. The minimum absolute atomic E-state index is 0.0943. The van der Waals surface area contributed by atoms with Crippen molar-refractivity contribution in [3.05, 3.63) is 39.5 Å². The van der Waals surface area contributed by atoms with Gasteiger partial charge in [0.15, 0.2) is 0 Å². The lowest BCUT2D eigenvalue weighted by Gasteiger charge is -2.11. The average Bonchev–Trinajstić information content (AvgIpc) is 2.72. The molecule has 0 bridgehead atoms. The summed E-state index contributed by atoms with van der Waals surface area (Å²) in [5.41, 5.74) is 1.38. The van der Waals surface area contributed by atoms with Crippen molar-refractivity contribution in [2.45, 2.75) is 37.3 Å². The molecule has 0 saturated heterocycles. The summed E-state index contributed by atoms with van der Waals surface area (Å²) in [5.74, 6) is 0. The summed E-state index contributed by atoms with van der Waals surface area (Å²) in [6.45, 7) is 4.23. The van der Waals surface area contributed by atoms with Crippen LogP contribution in [-0.2, 0) is 19.4 Å². The molecule has 2 aromatic rings. The smallest absolute Gasteiger partial charge is 0.260 e. The predicted octanol–water partition coefficient (Wildman–Crippen LogP) is 3.42. The van der Waals surface area contributed by atoms with E-state index in [2.05, 4.69) is 19.2 Å². The number of allylic oxidation sites excluding steroid dienone is 1. The van der Waals surface area contributed by atoms with Gasteiger partial charge in [-0.1, -0.05) is 6.08 Å². The van der Waals surface area contributed by atoms with Gasteiger partial charge in [0.2, 0.25) is 0 Å². The van der Waals surface area contributed by atoms with Crippen LogP contribution in [0.25, 0.3) is 10.1 Å². The third kappa shape index (κ3) is 1.75. The van der Waals surface area contributed by atoms with Crippen molar-refractivity contribution in [3.8, 4) is 0 Å². The van der Waals surface area contributed by atoms with Gasteiger partial charge in [-0.15, -0.1) is 30.5 Å². The summed E-state index contributed by atoms with van der Waals surface area (Å²) in [5, 5.41) is 1.65. The normalized spacial score (nSPS) is 14.7. The average molecular weight is 277 g/mol. The maximum absolute atomic E-state index is 12.5. The first kappa shape index (κ1) is 12.1. The maximum Gasteiger partial charge on any atom is 0.260 e. The molecular weight excluding hydrogens is 262 g/mol. The van der Waals surface area contributed by atoms with Crippen LogP contribution in [0.4, 0.5) is 0 Å². The third-order valence-electron chi connectivity index (χ3n) is 3.51. The fourth-order valence-corrected chi connectivity index (χ4v) is 4.37. The molecule has 18 heavy (non-hydrogen) atoms. The highest BCUT2D eigenvalue weighted by Crippen LogP contribution is 2.35. The van der Waals surface area contributed by atoms with Crippen molar-refractivity contribution in [3.63, 3.8) is 0 Å². The lowest BCUT2D eigenvalue weighted by atomic mass is 9.97. The molecule has 0 amide bonds. The number of hydrogen-bond donors (Lipinski definition) is 1. The molecule has 0 spiro atoms. The van der Waals surface area contributed by atoms with Crippen molar-refractivity contribution in [2.24, 2.45) is 0 Å². The van der Waals surface area contributed by atoms with Gasteiger partial charge in [0.25, 0.3) is 5.56 Å². The highest BCUT2D eigenvalue weighted by atomic mass is 32.1. The molecule has 94 valence electrons. The van der Waals surface area contributed by atoms with Gasteiger partial charge in [0, 0.05) is 16.1 Å². The van der Waals surface area contributed by atoms with E-state index in [0.29, 0.717) is 6.54 Å². The monoisotopic (exact) mass is 277 g/mol. The van der Waals surface area contributed by atoms with E-state index in [4.69, 9.17) is 0 Å². The van der Waals surface area contributed by atoms with Gasteiger partial charge < -0.3 is 0 Å². The first-order valence-electron chi connectivity index (χ1n) is 6.20. The number of aromatic nitrogens is 1. The van der Waals surface area contributed by atoms with Crippen molar-refractivity contribution in [1.82, 2.24) is 4.57 Å². The predicted molar refractivity (Wildman–Crippen MR) is 80.2 cm³/mol. The molecule has 1 aliphatic carbocycles. The summed E-state index contributed by atoms with van der Waals surface area (Å²) in [4.78, 5) is 13.9. The SMILES string of the molecule is C=CCn1c(S)cc2sc3c(c2c1=O)CCCC3. The molecule has 3 rings (SSSR count). The number of thiol groups is 1. The van der Waals surface area contributed by atoms with Crippen LogP contribution in [0.2, 0.25) is 0 Å². The molecular formula is C14H15NOS2. The number of rotatable bonds is 2. The van der Waals surface area contributed by atoms with Gasteiger partial charge in [-0.25, -0.2) is 0 Å². The Kier molecular flexibility index (Phi) is 3.08. The number of aryl methyl sites for hydroxylation is 2. The fourth-order valence-electron chi connectivity index (χ4n) is 2.66. The lowest BCUT2D eigenvalue weighted by molar-refractivity contribution is 0.693. The Balaban J connectivity index is 2.35. The van der Waals surface area contributed by atoms with Gasteiger partial charge in [0.1, 0.15) is 0 Å². The summed E-state index contributed by atoms with van der Waals surface area (Å²) < 4.78 is 2.79. The maximum atomic E-state index is 12.5. The quantitative estimate of drug-likeness (QED) is 0.659. The van der Waals surface area contributed by atoms with Crippen molar-refractivity contribution in [1.29, 1.82) is 0 Å². The van der Waals surface area contributed by atoms with Crippen LogP contribution in [0.3, 0.4) is 0 Å². The number of thiophene rings is 1. The summed E-state index contributed by atoms with van der Waals surface area (Å²) in [6, 6.07) is 2.02. The number of pyridine rings is 1. The molecule has 2 nitrogen and oxygen atoms in total. The van der Waals surface area contributed by atoms with E-state index in [9.17, 15) is 4.79 Å². The molecule has 2 aromatic heterocycles. The fraction of sp³-hybridized carbons (Fsp3) is 0.357. The van der Waals surface area contributed by atoms with E-state index in [0.717, 1.165) is 28.0 Å². The van der Waals surface area contributed by atoms with E-state index in [1.807, 2.05) is 6.07 Å². The summed E-state index contributed by atoms with van der Waals surface area (Å²) in [7, 11) is 0. The van der Waals surface area contributed by atoms with E-state index < -0.39 is 0 Å². The van der Waals surface area contributed by atoms with Crippen LogP contribution in [0, 0.1) is 0 Å². The third-order valence-corrected chi connectivity index (χ3v) is 5.12. The highest BCUT2D eigenvalue weighted by molar-refractivity contribution is 7.80. The van der Waals surface area contributed by atoms with Crippen LogP contribution in [0.5, 0.6) is 0 Å². The van der Waals surface area contributed by atoms with Gasteiger partial charge in [0.05, 0.1) is 10.4 Å². The van der Waals surface area contributed by atoms with Gasteiger partial charge in [-0.05, 0) is 37.3 Å². The second-order valence-electron chi connectivity index (χ2n) is 4.66. The second kappa shape index (κ2) is 4.59. The molecule has 1 aliphatic rings.